The highest BCUT2D eigenvalue weighted by Crippen LogP contribution is 2.27. The van der Waals surface area contributed by atoms with Crippen molar-refractivity contribution in [2.45, 2.75) is 6.92 Å². The maximum absolute atomic E-state index is 4.74. The van der Waals surface area contributed by atoms with Gasteiger partial charge >= 0.3 is 0 Å². The molecule has 0 radical (unpaired) electrons. The number of aryl methyl sites for hydroxylation is 1. The molecule has 2 heterocycles. The van der Waals surface area contributed by atoms with Gasteiger partial charge in [-0.15, -0.1) is 0 Å². The summed E-state index contributed by atoms with van der Waals surface area (Å²) in [6.45, 7) is 2.08. The predicted molar refractivity (Wildman–Crippen MR) is 119 cm³/mol. The number of fused-ring (bicyclic) bond motifs is 2. The van der Waals surface area contributed by atoms with E-state index >= 15 is 0 Å². The second kappa shape index (κ2) is 7.20. The van der Waals surface area contributed by atoms with Gasteiger partial charge in [0.05, 0.1) is 17.4 Å². The van der Waals surface area contributed by atoms with E-state index < -0.39 is 0 Å². The van der Waals surface area contributed by atoms with Crippen molar-refractivity contribution in [3.63, 3.8) is 0 Å². The standard InChI is InChI=1S/C24H19N5/c1-16-10-12-17(13-11-16)23-20-7-3-5-9-22(20)27-24(28-23)29-26-15-18-14-25-21-8-4-2-6-19(18)21/h2-15,25H,1H3,(H,27,28,29)/b26-15+. The fourth-order valence-corrected chi connectivity index (χ4v) is 3.42. The Labute approximate surface area is 168 Å². The lowest BCUT2D eigenvalue weighted by molar-refractivity contribution is 1.16. The number of rotatable bonds is 4. The Hall–Kier alpha value is -3.99. The summed E-state index contributed by atoms with van der Waals surface area (Å²) in [5.41, 5.74) is 9.12. The minimum Gasteiger partial charge on any atom is -0.361 e. The molecule has 5 nitrogen and oxygen atoms in total. The Balaban J connectivity index is 1.51. The smallest absolute Gasteiger partial charge is 0.244 e. The average Bonchev–Trinajstić information content (AvgIpc) is 3.17. The quantitative estimate of drug-likeness (QED) is 0.319. The number of hydrazone groups is 1. The summed E-state index contributed by atoms with van der Waals surface area (Å²) in [6, 6.07) is 24.5. The van der Waals surface area contributed by atoms with Crippen LogP contribution in [0.25, 0.3) is 33.1 Å². The van der Waals surface area contributed by atoms with Crippen molar-refractivity contribution in [1.29, 1.82) is 0 Å². The number of benzene rings is 3. The molecule has 29 heavy (non-hydrogen) atoms. The van der Waals surface area contributed by atoms with Gasteiger partial charge in [0.2, 0.25) is 5.95 Å². The highest BCUT2D eigenvalue weighted by Gasteiger charge is 2.09. The molecule has 0 amide bonds. The molecule has 0 aliphatic rings. The molecule has 5 aromatic rings. The lowest BCUT2D eigenvalue weighted by atomic mass is 10.1. The van der Waals surface area contributed by atoms with Gasteiger partial charge in [0.15, 0.2) is 0 Å². The Bertz CT molecular complexity index is 1330. The van der Waals surface area contributed by atoms with Gasteiger partial charge in [-0.1, -0.05) is 66.2 Å². The summed E-state index contributed by atoms with van der Waals surface area (Å²) < 4.78 is 0. The Morgan fingerprint density at radius 2 is 1.62 bits per heavy atom. The van der Waals surface area contributed by atoms with E-state index in [4.69, 9.17) is 4.98 Å². The summed E-state index contributed by atoms with van der Waals surface area (Å²) in [7, 11) is 0. The zero-order valence-electron chi connectivity index (χ0n) is 15.9. The van der Waals surface area contributed by atoms with Gasteiger partial charge < -0.3 is 4.98 Å². The Kier molecular flexibility index (Phi) is 4.26. The van der Waals surface area contributed by atoms with E-state index in [0.29, 0.717) is 5.95 Å². The van der Waals surface area contributed by atoms with Crippen LogP contribution in [0.15, 0.2) is 84.1 Å². The number of anilines is 1. The molecule has 0 unspecified atom stereocenters. The second-order valence-corrected chi connectivity index (χ2v) is 6.94. The van der Waals surface area contributed by atoms with Crippen LogP contribution in [0.4, 0.5) is 5.95 Å². The zero-order chi connectivity index (χ0) is 19.6. The highest BCUT2D eigenvalue weighted by atomic mass is 15.3. The molecule has 0 atom stereocenters. The van der Waals surface area contributed by atoms with E-state index in [9.17, 15) is 0 Å². The average molecular weight is 377 g/mol. The molecular formula is C24H19N5. The minimum atomic E-state index is 0.468. The molecule has 0 saturated heterocycles. The van der Waals surface area contributed by atoms with Crippen LogP contribution in [0.5, 0.6) is 0 Å². The Morgan fingerprint density at radius 3 is 2.48 bits per heavy atom. The number of aromatic nitrogens is 3. The molecule has 2 N–H and O–H groups in total. The summed E-state index contributed by atoms with van der Waals surface area (Å²) in [5.74, 6) is 0.468. The monoisotopic (exact) mass is 377 g/mol. The molecule has 0 saturated carbocycles. The van der Waals surface area contributed by atoms with Crippen LogP contribution >= 0.6 is 0 Å². The van der Waals surface area contributed by atoms with E-state index in [2.05, 4.69) is 57.8 Å². The van der Waals surface area contributed by atoms with Crippen molar-refractivity contribution in [2.24, 2.45) is 5.10 Å². The molecule has 5 rings (SSSR count). The third-order valence-electron chi connectivity index (χ3n) is 4.92. The first kappa shape index (κ1) is 17.1. The lowest BCUT2D eigenvalue weighted by Crippen LogP contribution is -1.99. The van der Waals surface area contributed by atoms with Crippen LogP contribution in [0.3, 0.4) is 0 Å². The van der Waals surface area contributed by atoms with Gasteiger partial charge in [-0.3, -0.25) is 0 Å². The van der Waals surface area contributed by atoms with E-state index in [1.54, 1.807) is 6.21 Å². The van der Waals surface area contributed by atoms with E-state index in [1.165, 1.54) is 5.56 Å². The number of para-hydroxylation sites is 2. The van der Waals surface area contributed by atoms with Gasteiger partial charge in [-0.05, 0) is 19.1 Å². The maximum Gasteiger partial charge on any atom is 0.244 e. The molecule has 0 fully saturated rings. The van der Waals surface area contributed by atoms with E-state index in [1.807, 2.05) is 48.7 Å². The van der Waals surface area contributed by atoms with Crippen LogP contribution in [0, 0.1) is 6.92 Å². The largest absolute Gasteiger partial charge is 0.361 e. The minimum absolute atomic E-state index is 0.468. The lowest BCUT2D eigenvalue weighted by Gasteiger charge is -2.08. The van der Waals surface area contributed by atoms with Gasteiger partial charge in [-0.25, -0.2) is 15.4 Å². The third kappa shape index (κ3) is 3.34. The van der Waals surface area contributed by atoms with Crippen LogP contribution in [-0.2, 0) is 0 Å². The molecule has 140 valence electrons. The van der Waals surface area contributed by atoms with Gasteiger partial charge in [-0.2, -0.15) is 5.10 Å². The predicted octanol–water partition coefficient (Wildman–Crippen LogP) is 5.53. The second-order valence-electron chi connectivity index (χ2n) is 6.94. The van der Waals surface area contributed by atoms with Crippen molar-refractivity contribution in [3.05, 3.63) is 90.1 Å². The maximum atomic E-state index is 4.74. The van der Waals surface area contributed by atoms with Gasteiger partial charge in [0, 0.05) is 33.6 Å². The summed E-state index contributed by atoms with van der Waals surface area (Å²) in [4.78, 5) is 12.6. The van der Waals surface area contributed by atoms with Crippen LogP contribution in [0.2, 0.25) is 0 Å². The van der Waals surface area contributed by atoms with E-state index in [-0.39, 0.29) is 0 Å². The number of nitrogens with zero attached hydrogens (tertiary/aromatic N) is 3. The van der Waals surface area contributed by atoms with Gasteiger partial charge in [0.25, 0.3) is 0 Å². The summed E-state index contributed by atoms with van der Waals surface area (Å²) in [5, 5.41) is 6.51. The molecule has 0 aliphatic heterocycles. The van der Waals surface area contributed by atoms with Crippen LogP contribution in [0.1, 0.15) is 11.1 Å². The van der Waals surface area contributed by atoms with Crippen molar-refractivity contribution in [2.75, 3.05) is 5.43 Å². The van der Waals surface area contributed by atoms with Crippen molar-refractivity contribution in [3.8, 4) is 11.3 Å². The van der Waals surface area contributed by atoms with Crippen LogP contribution in [-0.4, -0.2) is 21.2 Å². The van der Waals surface area contributed by atoms with Crippen molar-refractivity contribution in [1.82, 2.24) is 15.0 Å². The zero-order valence-corrected chi connectivity index (χ0v) is 15.9. The number of H-pyrrole nitrogens is 1. The fourth-order valence-electron chi connectivity index (χ4n) is 3.42. The molecule has 0 bridgehead atoms. The first-order valence-corrected chi connectivity index (χ1v) is 9.47. The number of hydrogen-bond acceptors (Lipinski definition) is 4. The molecule has 2 aromatic heterocycles. The third-order valence-corrected chi connectivity index (χ3v) is 4.92. The normalized spacial score (nSPS) is 11.5. The fraction of sp³-hybridized carbons (Fsp3) is 0.0417. The molecule has 0 spiro atoms. The highest BCUT2D eigenvalue weighted by molar-refractivity contribution is 5.99. The van der Waals surface area contributed by atoms with Crippen LogP contribution < -0.4 is 5.43 Å². The first-order valence-electron chi connectivity index (χ1n) is 9.47. The van der Waals surface area contributed by atoms with E-state index in [0.717, 1.165) is 38.6 Å². The summed E-state index contributed by atoms with van der Waals surface area (Å²) >= 11 is 0. The first-order chi connectivity index (χ1) is 14.3. The molecular weight excluding hydrogens is 358 g/mol. The number of hydrogen-bond donors (Lipinski definition) is 2. The number of aromatic amines is 1. The Morgan fingerprint density at radius 1 is 0.862 bits per heavy atom. The molecule has 5 heteroatoms. The van der Waals surface area contributed by atoms with Gasteiger partial charge in [0.1, 0.15) is 0 Å². The topological polar surface area (TPSA) is 66.0 Å². The summed E-state index contributed by atoms with van der Waals surface area (Å²) in [6.07, 6.45) is 3.72. The molecule has 0 aliphatic carbocycles. The molecule has 3 aromatic carbocycles. The number of nitrogens with one attached hydrogen (secondary N) is 2. The SMILES string of the molecule is Cc1ccc(-c2nc(N/N=C/c3c[nH]c4ccccc34)nc3ccccc23)cc1. The van der Waals surface area contributed by atoms with Crippen molar-refractivity contribution >= 4 is 34.0 Å². The van der Waals surface area contributed by atoms with Crippen molar-refractivity contribution < 1.29 is 0 Å².